The van der Waals surface area contributed by atoms with Crippen LogP contribution in [0.1, 0.15) is 69.4 Å². The molecule has 3 N–H and O–H groups in total. The number of aromatic hydroxyl groups is 1. The zero-order valence-electron chi connectivity index (χ0n) is 17.3. The third kappa shape index (κ3) is 4.90. The number of benzene rings is 2. The molecule has 5 heteroatoms. The zero-order valence-corrected chi connectivity index (χ0v) is 18.2. The molecule has 0 unspecified atom stereocenters. The molecule has 0 atom stereocenters. The lowest BCUT2D eigenvalue weighted by Gasteiger charge is -2.28. The highest BCUT2D eigenvalue weighted by Crippen LogP contribution is 2.40. The van der Waals surface area contributed by atoms with E-state index in [9.17, 15) is 13.5 Å². The fourth-order valence-corrected chi connectivity index (χ4v) is 4.04. The Hall–Kier alpha value is -1.85. The lowest BCUT2D eigenvalue weighted by molar-refractivity contribution is 0.423. The predicted molar refractivity (Wildman–Crippen MR) is 111 cm³/mol. The smallest absolute Gasteiger partial charge is 0.238 e. The molecule has 148 valence electrons. The normalized spacial score (nSPS) is 13.0. The van der Waals surface area contributed by atoms with Crippen LogP contribution in [-0.2, 0) is 27.3 Å². The first-order valence-corrected chi connectivity index (χ1v) is 10.6. The van der Waals surface area contributed by atoms with Gasteiger partial charge in [-0.05, 0) is 52.5 Å². The van der Waals surface area contributed by atoms with Crippen molar-refractivity contribution in [3.63, 3.8) is 0 Å². The fourth-order valence-electron chi connectivity index (χ4n) is 3.28. The van der Waals surface area contributed by atoms with E-state index in [-0.39, 0.29) is 15.7 Å². The van der Waals surface area contributed by atoms with Gasteiger partial charge < -0.3 is 5.11 Å². The van der Waals surface area contributed by atoms with Crippen molar-refractivity contribution >= 4 is 10.0 Å². The molecule has 0 bridgehead atoms. The largest absolute Gasteiger partial charge is 0.507 e. The molecule has 0 fully saturated rings. The van der Waals surface area contributed by atoms with E-state index in [1.807, 2.05) is 25.1 Å². The number of phenolic OH excluding ortho intramolecular Hbond substituents is 1. The summed E-state index contributed by atoms with van der Waals surface area (Å²) in [5.74, 6) is 0.315. The number of hydrogen-bond donors (Lipinski definition) is 2. The van der Waals surface area contributed by atoms with Gasteiger partial charge in [0.1, 0.15) is 5.75 Å². The molecule has 0 aromatic heterocycles. The number of primary sulfonamides is 1. The number of nitrogens with two attached hydrogens (primary N) is 1. The highest BCUT2D eigenvalue weighted by Gasteiger charge is 2.27. The average molecular weight is 390 g/mol. The summed E-state index contributed by atoms with van der Waals surface area (Å²) in [5.41, 5.74) is 3.83. The Bertz CT molecular complexity index is 927. The van der Waals surface area contributed by atoms with Gasteiger partial charge in [-0.15, -0.1) is 0 Å². The Labute approximate surface area is 163 Å². The van der Waals surface area contributed by atoms with Crippen LogP contribution in [0.25, 0.3) is 0 Å². The van der Waals surface area contributed by atoms with Gasteiger partial charge in [-0.2, -0.15) is 0 Å². The summed E-state index contributed by atoms with van der Waals surface area (Å²) in [6.45, 7) is 14.3. The maximum atomic E-state index is 12.0. The van der Waals surface area contributed by atoms with Gasteiger partial charge >= 0.3 is 0 Å². The van der Waals surface area contributed by atoms with Gasteiger partial charge in [0.15, 0.2) is 0 Å². The fraction of sp³-hybridized carbons (Fsp3) is 0.455. The number of hydrogen-bond acceptors (Lipinski definition) is 3. The molecule has 0 amide bonds. The predicted octanol–water partition coefficient (Wildman–Crippen LogP) is 4.53. The number of aryl methyl sites for hydroxylation is 1. The maximum absolute atomic E-state index is 12.0. The Morgan fingerprint density at radius 1 is 0.926 bits per heavy atom. The van der Waals surface area contributed by atoms with Crippen molar-refractivity contribution in [3.8, 4) is 5.75 Å². The number of phenols is 1. The highest BCUT2D eigenvalue weighted by atomic mass is 32.2. The van der Waals surface area contributed by atoms with Crippen LogP contribution in [0.2, 0.25) is 0 Å². The molecule has 0 heterocycles. The van der Waals surface area contributed by atoms with Crippen molar-refractivity contribution in [2.75, 3.05) is 0 Å². The summed E-state index contributed by atoms with van der Waals surface area (Å²) < 4.78 is 24.0. The Balaban J connectivity index is 2.70. The second kappa shape index (κ2) is 6.95. The van der Waals surface area contributed by atoms with E-state index < -0.39 is 10.0 Å². The molecule has 4 nitrogen and oxygen atoms in total. The molecule has 0 aliphatic rings. The van der Waals surface area contributed by atoms with Crippen molar-refractivity contribution < 1.29 is 13.5 Å². The van der Waals surface area contributed by atoms with E-state index >= 15 is 0 Å². The summed E-state index contributed by atoms with van der Waals surface area (Å²) >= 11 is 0. The van der Waals surface area contributed by atoms with Crippen molar-refractivity contribution in [2.24, 2.45) is 5.14 Å². The van der Waals surface area contributed by atoms with Gasteiger partial charge in [-0.25, -0.2) is 13.6 Å². The monoisotopic (exact) mass is 389 g/mol. The molecule has 0 aliphatic heterocycles. The minimum Gasteiger partial charge on any atom is -0.507 e. The minimum atomic E-state index is -3.80. The van der Waals surface area contributed by atoms with Crippen LogP contribution >= 0.6 is 0 Å². The van der Waals surface area contributed by atoms with Crippen LogP contribution in [0, 0.1) is 6.92 Å². The summed E-state index contributed by atoms with van der Waals surface area (Å²) in [6, 6.07) is 9.12. The first kappa shape index (κ1) is 21.5. The van der Waals surface area contributed by atoms with Gasteiger partial charge in [0.25, 0.3) is 0 Å². The number of rotatable bonds is 3. The Kier molecular flexibility index (Phi) is 5.52. The second-order valence-electron chi connectivity index (χ2n) is 9.37. The zero-order chi connectivity index (χ0) is 20.8. The molecule has 0 saturated carbocycles. The molecule has 27 heavy (non-hydrogen) atoms. The lowest BCUT2D eigenvalue weighted by Crippen LogP contribution is -2.18. The van der Waals surface area contributed by atoms with Crippen LogP contribution in [0.4, 0.5) is 0 Å². The molecule has 0 spiro atoms. The Morgan fingerprint density at radius 2 is 1.41 bits per heavy atom. The third-order valence-electron chi connectivity index (χ3n) is 4.70. The van der Waals surface area contributed by atoms with E-state index in [2.05, 4.69) is 41.5 Å². The summed E-state index contributed by atoms with van der Waals surface area (Å²) in [6.07, 6.45) is 0.430. The van der Waals surface area contributed by atoms with Gasteiger partial charge in [0.2, 0.25) is 10.0 Å². The maximum Gasteiger partial charge on any atom is 0.238 e. The van der Waals surface area contributed by atoms with Crippen LogP contribution in [0.5, 0.6) is 5.75 Å². The third-order valence-corrected chi connectivity index (χ3v) is 5.71. The van der Waals surface area contributed by atoms with E-state index in [1.165, 1.54) is 0 Å². The first-order chi connectivity index (χ1) is 12.1. The number of sulfonamides is 1. The SMILES string of the molecule is Cc1ccc(S(N)(=O)=O)c(Cc2cc(C(C)(C)C)c(O)c(C(C)(C)C)c2)c1. The first-order valence-electron chi connectivity index (χ1n) is 9.10. The highest BCUT2D eigenvalue weighted by molar-refractivity contribution is 7.89. The van der Waals surface area contributed by atoms with Crippen molar-refractivity contribution in [1.29, 1.82) is 0 Å². The van der Waals surface area contributed by atoms with Gasteiger partial charge in [-0.1, -0.05) is 71.4 Å². The van der Waals surface area contributed by atoms with Gasteiger partial charge in [-0.3, -0.25) is 0 Å². The molecule has 0 saturated heterocycles. The van der Waals surface area contributed by atoms with Crippen LogP contribution < -0.4 is 5.14 Å². The Morgan fingerprint density at radius 3 is 1.81 bits per heavy atom. The molecule has 0 aliphatic carbocycles. The molecular formula is C22H31NO3S. The molecule has 2 aromatic rings. The van der Waals surface area contributed by atoms with Crippen LogP contribution in [0.3, 0.4) is 0 Å². The van der Waals surface area contributed by atoms with E-state index in [1.54, 1.807) is 12.1 Å². The van der Waals surface area contributed by atoms with E-state index in [0.29, 0.717) is 17.7 Å². The van der Waals surface area contributed by atoms with E-state index in [4.69, 9.17) is 5.14 Å². The van der Waals surface area contributed by atoms with Crippen molar-refractivity contribution in [1.82, 2.24) is 0 Å². The minimum absolute atomic E-state index is 0.149. The average Bonchev–Trinajstić information content (AvgIpc) is 2.45. The summed E-state index contributed by atoms with van der Waals surface area (Å²) in [7, 11) is -3.80. The molecule has 2 rings (SSSR count). The van der Waals surface area contributed by atoms with Crippen molar-refractivity contribution in [2.45, 2.75) is 70.6 Å². The standard InChI is InChI=1S/C22H31NO3S/c1-14-8-9-19(27(23,25)26)16(10-14)11-15-12-17(21(2,3)4)20(24)18(13-15)22(5,6)7/h8-10,12-13,24H,11H2,1-7H3,(H2,23,25,26). The van der Waals surface area contributed by atoms with E-state index in [0.717, 1.165) is 22.3 Å². The topological polar surface area (TPSA) is 80.4 Å². The quantitative estimate of drug-likeness (QED) is 0.809. The summed E-state index contributed by atoms with van der Waals surface area (Å²) in [5, 5.41) is 16.3. The van der Waals surface area contributed by atoms with Gasteiger partial charge in [0.05, 0.1) is 4.90 Å². The van der Waals surface area contributed by atoms with Crippen LogP contribution in [-0.4, -0.2) is 13.5 Å². The van der Waals surface area contributed by atoms with Gasteiger partial charge in [0, 0.05) is 0 Å². The molecule has 2 aromatic carbocycles. The molecular weight excluding hydrogens is 358 g/mol. The summed E-state index contributed by atoms with van der Waals surface area (Å²) in [4.78, 5) is 0.149. The van der Waals surface area contributed by atoms with Crippen LogP contribution in [0.15, 0.2) is 35.2 Å². The molecule has 0 radical (unpaired) electrons. The lowest BCUT2D eigenvalue weighted by atomic mass is 9.78. The van der Waals surface area contributed by atoms with Crippen molar-refractivity contribution in [3.05, 3.63) is 58.1 Å². The second-order valence-corrected chi connectivity index (χ2v) is 10.9.